The minimum Gasteiger partial charge on any atom is -0.361 e. The average Bonchev–Trinajstić information content (AvgIpc) is 3.34. The number of H-pyrrole nitrogens is 1. The smallest absolute Gasteiger partial charge is 0.191 e. The number of guanidine groups is 1. The maximum absolute atomic E-state index is 13.6. The van der Waals surface area contributed by atoms with Crippen molar-refractivity contribution < 1.29 is 4.39 Å². The van der Waals surface area contributed by atoms with Gasteiger partial charge in [0.15, 0.2) is 11.8 Å². The summed E-state index contributed by atoms with van der Waals surface area (Å²) in [5, 5.41) is 12.0. The lowest BCUT2D eigenvalue weighted by molar-refractivity contribution is 0.629. The second kappa shape index (κ2) is 9.64. The van der Waals surface area contributed by atoms with Crippen molar-refractivity contribution in [3.05, 3.63) is 77.1 Å². The normalized spacial score (nSPS) is 11.8. The molecule has 0 unspecified atom stereocenters. The largest absolute Gasteiger partial charge is 0.361 e. The molecule has 0 aliphatic heterocycles. The van der Waals surface area contributed by atoms with E-state index < -0.39 is 0 Å². The Hall–Kier alpha value is -3.68. The van der Waals surface area contributed by atoms with Gasteiger partial charge in [0, 0.05) is 42.1 Å². The summed E-state index contributed by atoms with van der Waals surface area (Å²) in [6, 6.07) is 10.8. The van der Waals surface area contributed by atoms with Crippen LogP contribution >= 0.6 is 0 Å². The summed E-state index contributed by atoms with van der Waals surface area (Å²) in [4.78, 5) is 12.4. The van der Waals surface area contributed by atoms with Gasteiger partial charge < -0.3 is 15.6 Å². The van der Waals surface area contributed by atoms with Crippen molar-refractivity contribution in [1.82, 2.24) is 30.4 Å². The van der Waals surface area contributed by atoms with Gasteiger partial charge >= 0.3 is 0 Å². The number of benzene rings is 1. The highest BCUT2D eigenvalue weighted by Gasteiger charge is 2.07. The fraction of sp³-hybridized carbons (Fsp3) is 0.292. The molecule has 0 bridgehead atoms. The predicted octanol–water partition coefficient (Wildman–Crippen LogP) is 3.80. The van der Waals surface area contributed by atoms with E-state index in [1.165, 1.54) is 6.07 Å². The number of fused-ring (bicyclic) bond motifs is 1. The van der Waals surface area contributed by atoms with Crippen LogP contribution in [0.1, 0.15) is 29.4 Å². The third-order valence-corrected chi connectivity index (χ3v) is 5.22. The van der Waals surface area contributed by atoms with E-state index in [4.69, 9.17) is 0 Å². The van der Waals surface area contributed by atoms with Gasteiger partial charge in [0.1, 0.15) is 5.82 Å². The predicted molar refractivity (Wildman–Crippen MR) is 126 cm³/mol. The van der Waals surface area contributed by atoms with Crippen molar-refractivity contribution in [3.8, 4) is 5.82 Å². The van der Waals surface area contributed by atoms with Crippen LogP contribution < -0.4 is 10.6 Å². The number of hydrogen-bond donors (Lipinski definition) is 3. The Morgan fingerprint density at radius 3 is 2.75 bits per heavy atom. The minimum atomic E-state index is -0.223. The van der Waals surface area contributed by atoms with Crippen LogP contribution in [0.15, 0.2) is 53.8 Å². The lowest BCUT2D eigenvalue weighted by Crippen LogP contribution is -2.38. The van der Waals surface area contributed by atoms with Crippen molar-refractivity contribution in [1.29, 1.82) is 0 Å². The first-order chi connectivity index (χ1) is 15.5. The Bertz CT molecular complexity index is 1220. The molecule has 0 atom stereocenters. The van der Waals surface area contributed by atoms with Gasteiger partial charge in [-0.1, -0.05) is 6.07 Å². The molecule has 32 heavy (non-hydrogen) atoms. The number of halogens is 1. The molecule has 3 N–H and O–H groups in total. The molecule has 0 amide bonds. The third kappa shape index (κ3) is 4.96. The number of aromatic amines is 1. The van der Waals surface area contributed by atoms with Crippen LogP contribution in [0.4, 0.5) is 4.39 Å². The number of nitrogens with zero attached hydrogens (tertiary/aromatic N) is 4. The molecule has 4 aromatic rings. The molecule has 3 aromatic heterocycles. The topological polar surface area (TPSA) is 82.9 Å². The lowest BCUT2D eigenvalue weighted by Gasteiger charge is -2.11. The monoisotopic (exact) mass is 433 g/mol. The van der Waals surface area contributed by atoms with E-state index in [0.717, 1.165) is 58.2 Å². The molecule has 8 heteroatoms. The van der Waals surface area contributed by atoms with Crippen molar-refractivity contribution >= 4 is 16.9 Å². The van der Waals surface area contributed by atoms with Crippen molar-refractivity contribution in [2.24, 2.45) is 4.99 Å². The zero-order chi connectivity index (χ0) is 22.5. The van der Waals surface area contributed by atoms with Crippen LogP contribution in [0.25, 0.3) is 16.7 Å². The Morgan fingerprint density at radius 1 is 1.16 bits per heavy atom. The van der Waals surface area contributed by atoms with Gasteiger partial charge in [-0.15, -0.1) is 0 Å². The van der Waals surface area contributed by atoms with Crippen LogP contribution in [0, 0.1) is 19.7 Å². The minimum absolute atomic E-state index is 0.223. The summed E-state index contributed by atoms with van der Waals surface area (Å²) in [6.45, 7) is 7.98. The second-order valence-corrected chi connectivity index (χ2v) is 7.74. The van der Waals surface area contributed by atoms with Crippen LogP contribution in [-0.2, 0) is 13.0 Å². The first-order valence-electron chi connectivity index (χ1n) is 10.8. The first-order valence-corrected chi connectivity index (χ1v) is 10.8. The first kappa shape index (κ1) is 21.5. The summed E-state index contributed by atoms with van der Waals surface area (Å²) < 4.78 is 15.4. The maximum Gasteiger partial charge on any atom is 0.191 e. The highest BCUT2D eigenvalue weighted by Crippen LogP contribution is 2.19. The zero-order valence-electron chi connectivity index (χ0n) is 18.6. The Kier molecular flexibility index (Phi) is 6.49. The van der Waals surface area contributed by atoms with Crippen molar-refractivity contribution in [2.75, 3.05) is 13.1 Å². The van der Waals surface area contributed by atoms with Crippen LogP contribution in [-0.4, -0.2) is 38.8 Å². The molecule has 3 heterocycles. The number of hydrogen-bond acceptors (Lipinski definition) is 3. The SMILES string of the molecule is CCNC(=NCc1ccc(-n2nc(C)cc2C)nc1)NCCc1c[nH]c2ccc(F)cc12. The molecular formula is C24H28FN7. The summed E-state index contributed by atoms with van der Waals surface area (Å²) in [7, 11) is 0. The standard InChI is InChI=1S/C24H28FN7/c1-4-26-24(27-10-9-19-15-28-22-7-6-20(25)12-21(19)22)30-14-18-5-8-23(29-13-18)32-17(3)11-16(2)31-32/h5-8,11-13,15,28H,4,9-10,14H2,1-3H3,(H2,26,27,30). The molecular weight excluding hydrogens is 405 g/mol. The molecule has 0 fully saturated rings. The van der Waals surface area contributed by atoms with Gasteiger partial charge in [0.2, 0.25) is 0 Å². The number of nitrogens with one attached hydrogen (secondary N) is 3. The van der Waals surface area contributed by atoms with Crippen LogP contribution in [0.5, 0.6) is 0 Å². The van der Waals surface area contributed by atoms with Gasteiger partial charge in [-0.2, -0.15) is 5.10 Å². The lowest BCUT2D eigenvalue weighted by atomic mass is 10.1. The zero-order valence-corrected chi connectivity index (χ0v) is 18.6. The highest BCUT2D eigenvalue weighted by molar-refractivity contribution is 5.83. The second-order valence-electron chi connectivity index (χ2n) is 7.74. The Morgan fingerprint density at radius 2 is 2.03 bits per heavy atom. The average molecular weight is 434 g/mol. The fourth-order valence-corrected chi connectivity index (χ4v) is 3.68. The van der Waals surface area contributed by atoms with Gasteiger partial charge in [0.05, 0.1) is 12.2 Å². The van der Waals surface area contributed by atoms with E-state index >= 15 is 0 Å². The Labute approximate surface area is 186 Å². The molecule has 7 nitrogen and oxygen atoms in total. The molecule has 0 saturated carbocycles. The third-order valence-electron chi connectivity index (χ3n) is 5.22. The van der Waals surface area contributed by atoms with E-state index in [9.17, 15) is 4.39 Å². The summed E-state index contributed by atoms with van der Waals surface area (Å²) in [6.07, 6.45) is 4.53. The van der Waals surface area contributed by atoms with Gasteiger partial charge in [-0.25, -0.2) is 19.0 Å². The quantitative estimate of drug-likeness (QED) is 0.306. The highest BCUT2D eigenvalue weighted by atomic mass is 19.1. The molecule has 0 spiro atoms. The number of rotatable bonds is 7. The maximum atomic E-state index is 13.6. The van der Waals surface area contributed by atoms with E-state index in [1.54, 1.807) is 12.1 Å². The number of aromatic nitrogens is 4. The van der Waals surface area contributed by atoms with Gasteiger partial charge in [-0.05, 0) is 68.7 Å². The van der Waals surface area contributed by atoms with Gasteiger partial charge in [0.25, 0.3) is 0 Å². The Balaban J connectivity index is 1.37. The molecule has 0 radical (unpaired) electrons. The van der Waals surface area contributed by atoms with Crippen LogP contribution in [0.2, 0.25) is 0 Å². The molecule has 166 valence electrons. The number of aryl methyl sites for hydroxylation is 2. The molecule has 0 saturated heterocycles. The molecule has 4 rings (SSSR count). The molecule has 0 aliphatic carbocycles. The van der Waals surface area contributed by atoms with E-state index in [0.29, 0.717) is 13.1 Å². The van der Waals surface area contributed by atoms with E-state index in [2.05, 4.69) is 30.7 Å². The number of aliphatic imine (C=N–C) groups is 1. The number of pyridine rings is 1. The van der Waals surface area contributed by atoms with Crippen LogP contribution in [0.3, 0.4) is 0 Å². The fourth-order valence-electron chi connectivity index (χ4n) is 3.68. The summed E-state index contributed by atoms with van der Waals surface area (Å²) in [5.41, 5.74) is 5.05. The molecule has 1 aromatic carbocycles. The van der Waals surface area contributed by atoms with Gasteiger partial charge in [-0.3, -0.25) is 0 Å². The van der Waals surface area contributed by atoms with E-state index in [1.807, 2.05) is 56.0 Å². The van der Waals surface area contributed by atoms with E-state index in [-0.39, 0.29) is 5.82 Å². The summed E-state index contributed by atoms with van der Waals surface area (Å²) >= 11 is 0. The molecule has 0 aliphatic rings. The summed E-state index contributed by atoms with van der Waals surface area (Å²) in [5.74, 6) is 1.31. The van der Waals surface area contributed by atoms with Crippen molar-refractivity contribution in [3.63, 3.8) is 0 Å². The van der Waals surface area contributed by atoms with Crippen molar-refractivity contribution in [2.45, 2.75) is 33.7 Å².